The first-order valence-electron chi connectivity index (χ1n) is 5.86. The Labute approximate surface area is 102 Å². The molecule has 5 nitrogen and oxygen atoms in total. The Morgan fingerprint density at radius 2 is 2.00 bits per heavy atom. The molecule has 1 aromatic rings. The highest BCUT2D eigenvalue weighted by molar-refractivity contribution is 5.91. The zero-order valence-electron chi connectivity index (χ0n) is 10.7. The molecule has 0 spiro atoms. The van der Waals surface area contributed by atoms with Crippen molar-refractivity contribution >= 4 is 5.91 Å². The number of aromatic nitrogens is 2. The molecule has 1 rings (SSSR count). The van der Waals surface area contributed by atoms with E-state index in [1.54, 1.807) is 6.20 Å². The van der Waals surface area contributed by atoms with E-state index >= 15 is 0 Å². The maximum absolute atomic E-state index is 11.8. The van der Waals surface area contributed by atoms with Crippen LogP contribution in [0.5, 0.6) is 0 Å². The number of rotatable bonds is 5. The maximum Gasteiger partial charge on any atom is 0.271 e. The molecule has 0 fully saturated rings. The van der Waals surface area contributed by atoms with Gasteiger partial charge in [0.15, 0.2) is 0 Å². The molecule has 0 aromatic carbocycles. The Bertz CT molecular complexity index is 371. The van der Waals surface area contributed by atoms with Gasteiger partial charge in [-0.15, -0.1) is 0 Å². The van der Waals surface area contributed by atoms with Crippen LogP contribution in [0.1, 0.15) is 42.9 Å². The van der Waals surface area contributed by atoms with E-state index in [9.17, 15) is 4.79 Å². The minimum atomic E-state index is -0.339. The Balaban J connectivity index is 2.58. The molecule has 1 amide bonds. The van der Waals surface area contributed by atoms with Gasteiger partial charge in [-0.3, -0.25) is 9.78 Å². The van der Waals surface area contributed by atoms with Crippen LogP contribution in [0.4, 0.5) is 0 Å². The molecule has 0 bridgehead atoms. The number of hydrogen-bond donors (Lipinski definition) is 2. The summed E-state index contributed by atoms with van der Waals surface area (Å²) in [6.45, 7) is 6.31. The van der Waals surface area contributed by atoms with Crippen LogP contribution in [0.15, 0.2) is 12.4 Å². The van der Waals surface area contributed by atoms with Gasteiger partial charge in [0.05, 0.1) is 11.9 Å². The van der Waals surface area contributed by atoms with Gasteiger partial charge in [-0.2, -0.15) is 0 Å². The first-order valence-corrected chi connectivity index (χ1v) is 5.86. The van der Waals surface area contributed by atoms with E-state index in [-0.39, 0.29) is 11.4 Å². The summed E-state index contributed by atoms with van der Waals surface area (Å²) in [6, 6.07) is 0. The van der Waals surface area contributed by atoms with Gasteiger partial charge in [-0.1, -0.05) is 13.8 Å². The van der Waals surface area contributed by atoms with Crippen molar-refractivity contribution in [3.05, 3.63) is 23.8 Å². The first-order chi connectivity index (χ1) is 8.00. The second-order valence-corrected chi connectivity index (χ2v) is 4.30. The molecule has 0 radical (unpaired) electrons. The van der Waals surface area contributed by atoms with Crippen LogP contribution in [0.3, 0.4) is 0 Å². The molecule has 5 heteroatoms. The van der Waals surface area contributed by atoms with E-state index < -0.39 is 0 Å². The summed E-state index contributed by atoms with van der Waals surface area (Å²) in [4.78, 5) is 19.8. The molecular weight excluding hydrogens is 216 g/mol. The van der Waals surface area contributed by atoms with Crippen LogP contribution in [0.2, 0.25) is 0 Å². The number of amides is 1. The average Bonchev–Trinajstić information content (AvgIpc) is 2.36. The predicted molar refractivity (Wildman–Crippen MR) is 66.6 cm³/mol. The smallest absolute Gasteiger partial charge is 0.271 e. The van der Waals surface area contributed by atoms with Crippen molar-refractivity contribution < 1.29 is 4.79 Å². The summed E-state index contributed by atoms with van der Waals surface area (Å²) in [7, 11) is 0. The lowest BCUT2D eigenvalue weighted by atomic mass is 9.94. The second-order valence-electron chi connectivity index (χ2n) is 4.30. The zero-order valence-corrected chi connectivity index (χ0v) is 10.7. The number of nitrogens with two attached hydrogens (primary N) is 1. The second kappa shape index (κ2) is 5.72. The quantitative estimate of drug-likeness (QED) is 0.800. The highest BCUT2D eigenvalue weighted by atomic mass is 16.1. The van der Waals surface area contributed by atoms with Crippen LogP contribution < -0.4 is 11.1 Å². The van der Waals surface area contributed by atoms with Crippen LogP contribution in [-0.4, -0.2) is 28.0 Å². The van der Waals surface area contributed by atoms with Crippen LogP contribution in [0, 0.1) is 6.92 Å². The zero-order chi connectivity index (χ0) is 12.9. The van der Waals surface area contributed by atoms with Gasteiger partial charge >= 0.3 is 0 Å². The lowest BCUT2D eigenvalue weighted by Crippen LogP contribution is -2.49. The largest absolute Gasteiger partial charge is 0.349 e. The van der Waals surface area contributed by atoms with Crippen molar-refractivity contribution in [1.29, 1.82) is 0 Å². The molecule has 1 heterocycles. The van der Waals surface area contributed by atoms with Crippen LogP contribution >= 0.6 is 0 Å². The molecule has 0 saturated heterocycles. The van der Waals surface area contributed by atoms with Crippen molar-refractivity contribution in [3.8, 4) is 0 Å². The minimum Gasteiger partial charge on any atom is -0.349 e. The summed E-state index contributed by atoms with van der Waals surface area (Å²) >= 11 is 0. The van der Waals surface area contributed by atoms with E-state index in [2.05, 4.69) is 15.3 Å². The maximum atomic E-state index is 11.8. The Hall–Kier alpha value is -1.49. The van der Waals surface area contributed by atoms with Gasteiger partial charge in [-0.25, -0.2) is 4.98 Å². The number of aryl methyl sites for hydroxylation is 1. The fourth-order valence-electron chi connectivity index (χ4n) is 1.36. The van der Waals surface area contributed by atoms with Crippen molar-refractivity contribution in [2.75, 3.05) is 6.54 Å². The normalized spacial score (nSPS) is 11.3. The van der Waals surface area contributed by atoms with E-state index in [0.717, 1.165) is 18.5 Å². The number of nitrogens with one attached hydrogen (secondary N) is 1. The third-order valence-electron chi connectivity index (χ3n) is 3.02. The average molecular weight is 236 g/mol. The predicted octanol–water partition coefficient (Wildman–Crippen LogP) is 1.03. The molecule has 0 aliphatic rings. The number of carbonyl (C=O) groups is 1. The monoisotopic (exact) mass is 236 g/mol. The molecule has 0 aliphatic carbocycles. The molecule has 94 valence electrons. The van der Waals surface area contributed by atoms with Crippen LogP contribution in [0.25, 0.3) is 0 Å². The standard InChI is InChI=1S/C12H20N4O/c1-4-12(13,5-2)8-16-11(17)10-7-14-9(3)6-15-10/h6-7H,4-5,8,13H2,1-3H3,(H,16,17). The molecule has 3 N–H and O–H groups in total. The number of carbonyl (C=O) groups excluding carboxylic acids is 1. The summed E-state index contributed by atoms with van der Waals surface area (Å²) < 4.78 is 0. The highest BCUT2D eigenvalue weighted by Crippen LogP contribution is 2.09. The lowest BCUT2D eigenvalue weighted by molar-refractivity contribution is 0.0936. The van der Waals surface area contributed by atoms with E-state index in [1.165, 1.54) is 6.20 Å². The molecule has 17 heavy (non-hydrogen) atoms. The fraction of sp³-hybridized carbons (Fsp3) is 0.583. The van der Waals surface area contributed by atoms with Crippen molar-refractivity contribution in [3.63, 3.8) is 0 Å². The molecule has 0 atom stereocenters. The Morgan fingerprint density at radius 1 is 1.35 bits per heavy atom. The van der Waals surface area contributed by atoms with Gasteiger partial charge in [0, 0.05) is 18.3 Å². The third kappa shape index (κ3) is 3.78. The Morgan fingerprint density at radius 3 is 2.47 bits per heavy atom. The minimum absolute atomic E-state index is 0.228. The number of hydrogen-bond acceptors (Lipinski definition) is 4. The van der Waals surface area contributed by atoms with Gasteiger partial charge < -0.3 is 11.1 Å². The van der Waals surface area contributed by atoms with Crippen LogP contribution in [-0.2, 0) is 0 Å². The fourth-order valence-corrected chi connectivity index (χ4v) is 1.36. The lowest BCUT2D eigenvalue weighted by Gasteiger charge is -2.26. The molecule has 0 unspecified atom stereocenters. The highest BCUT2D eigenvalue weighted by Gasteiger charge is 2.21. The summed E-state index contributed by atoms with van der Waals surface area (Å²) in [5.74, 6) is -0.228. The van der Waals surface area contributed by atoms with E-state index in [1.807, 2.05) is 20.8 Å². The molecule has 0 aliphatic heterocycles. The first kappa shape index (κ1) is 13.6. The SMILES string of the molecule is CCC(N)(CC)CNC(=O)c1cnc(C)cn1. The van der Waals surface area contributed by atoms with Gasteiger partial charge in [-0.05, 0) is 19.8 Å². The van der Waals surface area contributed by atoms with E-state index in [4.69, 9.17) is 5.73 Å². The topological polar surface area (TPSA) is 80.9 Å². The summed E-state index contributed by atoms with van der Waals surface area (Å²) in [5.41, 5.74) is 6.87. The van der Waals surface area contributed by atoms with Crippen molar-refractivity contribution in [2.24, 2.45) is 5.73 Å². The van der Waals surface area contributed by atoms with Gasteiger partial charge in [0.2, 0.25) is 0 Å². The van der Waals surface area contributed by atoms with Crippen molar-refractivity contribution in [1.82, 2.24) is 15.3 Å². The van der Waals surface area contributed by atoms with Crippen molar-refractivity contribution in [2.45, 2.75) is 39.2 Å². The summed E-state index contributed by atoms with van der Waals surface area (Å²) in [6.07, 6.45) is 4.69. The van der Waals surface area contributed by atoms with Gasteiger partial charge in [0.25, 0.3) is 5.91 Å². The molecule has 0 saturated carbocycles. The number of nitrogens with zero attached hydrogens (tertiary/aromatic N) is 2. The van der Waals surface area contributed by atoms with Gasteiger partial charge in [0.1, 0.15) is 5.69 Å². The molecule has 1 aromatic heterocycles. The third-order valence-corrected chi connectivity index (χ3v) is 3.02. The molecular formula is C12H20N4O. The Kier molecular flexibility index (Phi) is 4.57. The van der Waals surface area contributed by atoms with E-state index in [0.29, 0.717) is 12.2 Å². The summed E-state index contributed by atoms with van der Waals surface area (Å²) in [5, 5.41) is 2.79.